The average molecular weight is 128 g/mol. The fourth-order valence-corrected chi connectivity index (χ4v) is 0. The Hall–Kier alpha value is 0.360. The van der Waals surface area contributed by atoms with Crippen molar-refractivity contribution in [3.63, 3.8) is 0 Å². The second-order valence-corrected chi connectivity index (χ2v) is 0. The SMILES string of the molecule is NBr.NN. The highest BCUT2D eigenvalue weighted by Crippen LogP contribution is 1.28. The summed E-state index contributed by atoms with van der Waals surface area (Å²) >= 11 is 2.44. The molecule has 0 heterocycles. The molecule has 4 heteroatoms. The molecule has 0 spiro atoms. The van der Waals surface area contributed by atoms with E-state index in [4.69, 9.17) is 0 Å². The van der Waals surface area contributed by atoms with E-state index in [-0.39, 0.29) is 0 Å². The third-order valence-corrected chi connectivity index (χ3v) is 0. The Labute approximate surface area is 33.4 Å². The second kappa shape index (κ2) is 144. The van der Waals surface area contributed by atoms with Gasteiger partial charge in [-0.1, -0.05) is 0 Å². The van der Waals surface area contributed by atoms with Gasteiger partial charge in [0.25, 0.3) is 0 Å². The summed E-state index contributed by atoms with van der Waals surface area (Å²) in [5, 5.41) is 0. The normalized spacial score (nSPS) is 3.00. The minimum absolute atomic E-state index is 2.44. The maximum absolute atomic E-state index is 4.31. The first-order valence-corrected chi connectivity index (χ1v) is 1.47. The Kier molecular flexibility index (Phi) is 319. The van der Waals surface area contributed by atoms with Crippen molar-refractivity contribution >= 4 is 16.1 Å². The number of hydrogen-bond acceptors (Lipinski definition) is 3. The lowest BCUT2D eigenvalue weighted by atomic mass is 13.0. The average Bonchev–Trinajstić information content (AvgIpc) is 1.50. The van der Waals surface area contributed by atoms with Gasteiger partial charge < -0.3 is 0 Å². The van der Waals surface area contributed by atoms with Gasteiger partial charge >= 0.3 is 0 Å². The third kappa shape index (κ3) is 33.7. The zero-order valence-corrected chi connectivity index (χ0v) is 3.70. The molecule has 0 amide bonds. The van der Waals surface area contributed by atoms with Crippen LogP contribution in [0.15, 0.2) is 0 Å². The highest BCUT2D eigenvalue weighted by Gasteiger charge is 0.877. The molecule has 0 saturated heterocycles. The fraction of sp³-hybridized carbons (Fsp3) is 0. The number of nitrogens with two attached hydrogens (primary N) is 3. The Morgan fingerprint density at radius 2 is 1.00 bits per heavy atom. The maximum Gasteiger partial charge on any atom is 0.00554 e. The summed E-state index contributed by atoms with van der Waals surface area (Å²) in [5.41, 5.74) is 0. The quantitative estimate of drug-likeness (QED) is 0.224. The Morgan fingerprint density at radius 1 is 1.00 bits per heavy atom. The predicted molar refractivity (Wildman–Crippen MR) is 21.5 cm³/mol. The lowest BCUT2D eigenvalue weighted by molar-refractivity contribution is 1.26. The molecule has 0 aliphatic heterocycles. The maximum atomic E-state index is 4.31. The molecule has 0 aromatic rings. The van der Waals surface area contributed by atoms with E-state index in [1.807, 2.05) is 0 Å². The van der Waals surface area contributed by atoms with Crippen molar-refractivity contribution in [1.82, 2.24) is 0 Å². The molecule has 0 aromatic heterocycles. The van der Waals surface area contributed by atoms with Crippen LogP contribution in [0.3, 0.4) is 0 Å². The second-order valence-electron chi connectivity index (χ2n) is 0. The van der Waals surface area contributed by atoms with Gasteiger partial charge in [-0.3, -0.25) is 16.4 Å². The highest BCUT2D eigenvalue weighted by atomic mass is 79.9. The summed E-state index contributed by atoms with van der Waals surface area (Å²) in [5.74, 6) is 8.00. The third-order valence-electron chi connectivity index (χ3n) is 0. The van der Waals surface area contributed by atoms with Crippen molar-refractivity contribution in [2.75, 3.05) is 0 Å². The molecule has 0 rings (SSSR count). The topological polar surface area (TPSA) is 78.1 Å². The van der Waals surface area contributed by atoms with E-state index >= 15 is 0 Å². The van der Waals surface area contributed by atoms with Gasteiger partial charge in [0.05, 0.1) is 0 Å². The van der Waals surface area contributed by atoms with Gasteiger partial charge in [0, 0.05) is 16.1 Å². The van der Waals surface area contributed by atoms with Crippen LogP contribution >= 0.6 is 16.1 Å². The Bertz CT molecular complexity index is 3.25. The van der Waals surface area contributed by atoms with Crippen LogP contribution in [0.5, 0.6) is 0 Å². The van der Waals surface area contributed by atoms with Crippen LogP contribution in [0, 0.1) is 0 Å². The molecule has 0 fully saturated rings. The van der Waals surface area contributed by atoms with Gasteiger partial charge in [-0.2, -0.15) is 0 Å². The Balaban J connectivity index is 0. The monoisotopic (exact) mass is 127 g/mol. The molecule has 4 heavy (non-hydrogen) atoms. The van der Waals surface area contributed by atoms with Crippen molar-refractivity contribution < 1.29 is 0 Å². The molecule has 0 bridgehead atoms. The van der Waals surface area contributed by atoms with E-state index in [0.717, 1.165) is 0 Å². The van der Waals surface area contributed by atoms with E-state index in [1.54, 1.807) is 0 Å². The first-order chi connectivity index (χ1) is 2.00. The Morgan fingerprint density at radius 3 is 1.00 bits per heavy atom. The fourth-order valence-electron chi connectivity index (χ4n) is 0. The molecule has 0 unspecified atom stereocenters. The minimum Gasteiger partial charge on any atom is -0.274 e. The molecule has 3 nitrogen and oxygen atoms in total. The van der Waals surface area contributed by atoms with Crippen LogP contribution in [-0.4, -0.2) is 0 Å². The van der Waals surface area contributed by atoms with Crippen molar-refractivity contribution in [3.8, 4) is 0 Å². The highest BCUT2D eigenvalue weighted by molar-refractivity contribution is 9.07. The first kappa shape index (κ1) is 8.84. The summed E-state index contributed by atoms with van der Waals surface area (Å²) in [6, 6.07) is 0. The number of halogens is 1. The van der Waals surface area contributed by atoms with Gasteiger partial charge in [-0.15, -0.1) is 0 Å². The molecule has 0 atom stereocenters. The van der Waals surface area contributed by atoms with Crippen molar-refractivity contribution in [2.24, 2.45) is 16.4 Å². The van der Waals surface area contributed by atoms with Crippen molar-refractivity contribution in [2.45, 2.75) is 0 Å². The van der Waals surface area contributed by atoms with Crippen LogP contribution in [0.4, 0.5) is 0 Å². The molecule has 28 valence electrons. The zero-order chi connectivity index (χ0) is 4.00. The van der Waals surface area contributed by atoms with Crippen LogP contribution in [0.25, 0.3) is 0 Å². The van der Waals surface area contributed by atoms with Gasteiger partial charge in [-0.05, 0) is 0 Å². The van der Waals surface area contributed by atoms with Gasteiger partial charge in [0.2, 0.25) is 0 Å². The largest absolute Gasteiger partial charge is 0.274 e. The summed E-state index contributed by atoms with van der Waals surface area (Å²) in [6.07, 6.45) is 0. The van der Waals surface area contributed by atoms with E-state index < -0.39 is 0 Å². The first-order valence-electron chi connectivity index (χ1n) is 0.552. The van der Waals surface area contributed by atoms with Crippen LogP contribution < -0.4 is 16.4 Å². The molecule has 0 aliphatic carbocycles. The van der Waals surface area contributed by atoms with Crippen molar-refractivity contribution in [3.05, 3.63) is 0 Å². The number of hydrogen-bond donors (Lipinski definition) is 3. The molecule has 0 aromatic carbocycles. The summed E-state index contributed by atoms with van der Waals surface area (Å²) in [6.45, 7) is 0. The van der Waals surface area contributed by atoms with Gasteiger partial charge in [0.1, 0.15) is 0 Å². The summed E-state index contributed by atoms with van der Waals surface area (Å²) < 4.78 is 4.31. The minimum atomic E-state index is 2.44. The van der Waals surface area contributed by atoms with E-state index in [9.17, 15) is 0 Å². The van der Waals surface area contributed by atoms with E-state index in [0.29, 0.717) is 0 Å². The van der Waals surface area contributed by atoms with E-state index in [2.05, 4.69) is 32.6 Å². The molecule has 0 radical (unpaired) electrons. The standard InChI is InChI=1S/BrH2N.H4N2/c2*1-2/h2H2;1-2H2. The van der Waals surface area contributed by atoms with Crippen LogP contribution in [0.1, 0.15) is 0 Å². The summed E-state index contributed by atoms with van der Waals surface area (Å²) in [4.78, 5) is 0. The number of hydrazine groups is 1. The van der Waals surface area contributed by atoms with Crippen LogP contribution in [-0.2, 0) is 0 Å². The molecular formula is H6BrN3. The van der Waals surface area contributed by atoms with Crippen LogP contribution in [0.2, 0.25) is 0 Å². The number of rotatable bonds is 0. The lowest BCUT2D eigenvalue weighted by Gasteiger charge is -1.27. The van der Waals surface area contributed by atoms with Crippen molar-refractivity contribution in [1.29, 1.82) is 0 Å². The van der Waals surface area contributed by atoms with Gasteiger partial charge in [-0.25, -0.2) is 0 Å². The van der Waals surface area contributed by atoms with E-state index in [1.165, 1.54) is 0 Å². The molecule has 0 aliphatic rings. The molecule has 0 saturated carbocycles. The smallest absolute Gasteiger partial charge is 0.00554 e. The zero-order valence-electron chi connectivity index (χ0n) is 2.11. The molecular weight excluding hydrogens is 122 g/mol. The molecule has 6 N–H and O–H groups in total. The summed E-state index contributed by atoms with van der Waals surface area (Å²) in [7, 11) is 0. The predicted octanol–water partition coefficient (Wildman–Crippen LogP) is -0.926. The van der Waals surface area contributed by atoms with Gasteiger partial charge in [0.15, 0.2) is 0 Å². The lowest BCUT2D eigenvalue weighted by Crippen LogP contribution is -2.02.